The largest absolute Gasteiger partial charge is 0.335 e. The van der Waals surface area contributed by atoms with Gasteiger partial charge in [0.05, 0.1) is 16.7 Å². The van der Waals surface area contributed by atoms with Crippen LogP contribution in [0.4, 0.5) is 0 Å². The first-order chi connectivity index (χ1) is 11.3. The van der Waals surface area contributed by atoms with Gasteiger partial charge >= 0.3 is 0 Å². The molecule has 2 aromatic heterocycles. The van der Waals surface area contributed by atoms with Gasteiger partial charge in [-0.3, -0.25) is 14.4 Å². The summed E-state index contributed by atoms with van der Waals surface area (Å²) in [5.41, 5.74) is 4.43. The van der Waals surface area contributed by atoms with Gasteiger partial charge in [0.15, 0.2) is 5.69 Å². The van der Waals surface area contributed by atoms with Gasteiger partial charge in [-0.05, 0) is 33.8 Å². The summed E-state index contributed by atoms with van der Waals surface area (Å²) in [6, 6.07) is 1.90. The minimum absolute atomic E-state index is 0.0365. The SMILES string of the molecule is Cc1cc(C(=O)N2CCN(Cc3cscn3)CC2)nn1C(C)(C)C. The van der Waals surface area contributed by atoms with Crippen molar-refractivity contribution in [2.75, 3.05) is 26.2 Å². The van der Waals surface area contributed by atoms with E-state index in [9.17, 15) is 4.79 Å². The molecule has 1 amide bonds. The zero-order valence-corrected chi connectivity index (χ0v) is 15.6. The number of thiazole rings is 1. The van der Waals surface area contributed by atoms with E-state index in [2.05, 4.69) is 41.1 Å². The average Bonchev–Trinajstić information content (AvgIpc) is 3.16. The molecule has 3 heterocycles. The lowest BCUT2D eigenvalue weighted by Crippen LogP contribution is -2.48. The molecule has 0 radical (unpaired) electrons. The van der Waals surface area contributed by atoms with Crippen molar-refractivity contribution in [3.05, 3.63) is 34.0 Å². The summed E-state index contributed by atoms with van der Waals surface area (Å²) in [7, 11) is 0. The fraction of sp³-hybridized carbons (Fsp3) is 0.588. The summed E-state index contributed by atoms with van der Waals surface area (Å²) in [4.78, 5) is 21.3. The number of hydrogen-bond acceptors (Lipinski definition) is 5. The Kier molecular flexibility index (Phi) is 4.73. The third-order valence-corrected chi connectivity index (χ3v) is 4.91. The van der Waals surface area contributed by atoms with Crippen molar-refractivity contribution >= 4 is 17.2 Å². The smallest absolute Gasteiger partial charge is 0.274 e. The molecule has 0 aromatic carbocycles. The van der Waals surface area contributed by atoms with Gasteiger partial charge in [-0.1, -0.05) is 0 Å². The van der Waals surface area contributed by atoms with Crippen LogP contribution in [0.5, 0.6) is 0 Å². The lowest BCUT2D eigenvalue weighted by atomic mass is 10.1. The molecule has 6 nitrogen and oxygen atoms in total. The Morgan fingerprint density at radius 2 is 1.96 bits per heavy atom. The Morgan fingerprint density at radius 3 is 2.50 bits per heavy atom. The Morgan fingerprint density at radius 1 is 1.25 bits per heavy atom. The van der Waals surface area contributed by atoms with Crippen LogP contribution in [0.1, 0.15) is 42.6 Å². The second-order valence-corrected chi connectivity index (χ2v) is 8.02. The topological polar surface area (TPSA) is 54.3 Å². The highest BCUT2D eigenvalue weighted by Crippen LogP contribution is 2.18. The maximum absolute atomic E-state index is 12.7. The molecule has 24 heavy (non-hydrogen) atoms. The monoisotopic (exact) mass is 347 g/mol. The summed E-state index contributed by atoms with van der Waals surface area (Å²) in [6.45, 7) is 12.4. The van der Waals surface area contributed by atoms with Gasteiger partial charge in [-0.15, -0.1) is 11.3 Å². The number of carbonyl (C=O) groups is 1. The molecule has 0 bridgehead atoms. The van der Waals surface area contributed by atoms with Gasteiger partial charge in [0, 0.05) is 43.8 Å². The molecule has 1 fully saturated rings. The van der Waals surface area contributed by atoms with Crippen LogP contribution in [0.2, 0.25) is 0 Å². The summed E-state index contributed by atoms with van der Waals surface area (Å²) in [5.74, 6) is 0.0365. The van der Waals surface area contributed by atoms with Crippen LogP contribution in [-0.4, -0.2) is 56.7 Å². The number of rotatable bonds is 3. The van der Waals surface area contributed by atoms with Crippen LogP contribution < -0.4 is 0 Å². The van der Waals surface area contributed by atoms with Crippen molar-refractivity contribution in [2.45, 2.75) is 39.8 Å². The quantitative estimate of drug-likeness (QED) is 0.855. The van der Waals surface area contributed by atoms with Crippen LogP contribution in [-0.2, 0) is 12.1 Å². The minimum Gasteiger partial charge on any atom is -0.335 e. The first-order valence-corrected chi connectivity index (χ1v) is 9.25. The van der Waals surface area contributed by atoms with E-state index < -0.39 is 0 Å². The standard InChI is InChI=1S/C17H25N5OS/c1-13-9-15(19-22(13)17(2,3)4)16(23)21-7-5-20(6-8-21)10-14-11-24-12-18-14/h9,11-12H,5-8,10H2,1-4H3. The molecule has 0 N–H and O–H groups in total. The lowest BCUT2D eigenvalue weighted by Gasteiger charge is -2.34. The van der Waals surface area contributed by atoms with Crippen LogP contribution in [0.15, 0.2) is 17.0 Å². The first kappa shape index (κ1) is 17.1. The third-order valence-electron chi connectivity index (χ3n) is 4.27. The summed E-state index contributed by atoms with van der Waals surface area (Å²) in [5, 5.41) is 6.62. The zero-order valence-electron chi connectivity index (χ0n) is 14.8. The van der Waals surface area contributed by atoms with E-state index in [1.54, 1.807) is 11.3 Å². The van der Waals surface area contributed by atoms with Crippen LogP contribution in [0.3, 0.4) is 0 Å². The maximum atomic E-state index is 12.7. The van der Waals surface area contributed by atoms with Crippen molar-refractivity contribution in [3.63, 3.8) is 0 Å². The molecule has 2 aromatic rings. The second-order valence-electron chi connectivity index (χ2n) is 7.30. The Hall–Kier alpha value is -1.73. The number of hydrogen-bond donors (Lipinski definition) is 0. The predicted molar refractivity (Wildman–Crippen MR) is 95.3 cm³/mol. The van der Waals surface area contributed by atoms with E-state index in [-0.39, 0.29) is 11.4 Å². The maximum Gasteiger partial charge on any atom is 0.274 e. The van der Waals surface area contributed by atoms with Gasteiger partial charge in [0.25, 0.3) is 5.91 Å². The van der Waals surface area contributed by atoms with E-state index in [1.165, 1.54) is 0 Å². The number of piperazine rings is 1. The molecule has 1 aliphatic rings. The number of carbonyl (C=O) groups excluding carboxylic acids is 1. The van der Waals surface area contributed by atoms with E-state index >= 15 is 0 Å². The average molecular weight is 347 g/mol. The molecule has 7 heteroatoms. The molecular formula is C17H25N5OS. The molecule has 0 spiro atoms. The highest BCUT2D eigenvalue weighted by Gasteiger charge is 2.26. The van der Waals surface area contributed by atoms with Gasteiger partial charge in [0.2, 0.25) is 0 Å². The summed E-state index contributed by atoms with van der Waals surface area (Å²) >= 11 is 1.62. The van der Waals surface area contributed by atoms with Crippen molar-refractivity contribution in [1.82, 2.24) is 24.6 Å². The molecule has 0 unspecified atom stereocenters. The van der Waals surface area contributed by atoms with Crippen molar-refractivity contribution in [3.8, 4) is 0 Å². The third kappa shape index (κ3) is 3.67. The fourth-order valence-electron chi connectivity index (χ4n) is 3.07. The van der Waals surface area contributed by atoms with Gasteiger partial charge in [-0.2, -0.15) is 5.10 Å². The van der Waals surface area contributed by atoms with Gasteiger partial charge in [-0.25, -0.2) is 4.98 Å². The molecule has 1 aliphatic heterocycles. The summed E-state index contributed by atoms with van der Waals surface area (Å²) < 4.78 is 1.93. The first-order valence-electron chi connectivity index (χ1n) is 8.30. The van der Waals surface area contributed by atoms with E-state index in [0.29, 0.717) is 5.69 Å². The highest BCUT2D eigenvalue weighted by molar-refractivity contribution is 7.07. The predicted octanol–water partition coefficient (Wildman–Crippen LogP) is 2.36. The van der Waals surface area contributed by atoms with Crippen molar-refractivity contribution < 1.29 is 4.79 Å². The lowest BCUT2D eigenvalue weighted by molar-refractivity contribution is 0.0620. The molecule has 0 aliphatic carbocycles. The minimum atomic E-state index is -0.116. The van der Waals surface area contributed by atoms with E-state index in [0.717, 1.165) is 44.1 Å². The Labute approximate surface area is 147 Å². The normalized spacial score (nSPS) is 16.6. The fourth-order valence-corrected chi connectivity index (χ4v) is 3.62. The molecule has 130 valence electrons. The Balaban J connectivity index is 1.61. The van der Waals surface area contributed by atoms with E-state index in [4.69, 9.17) is 0 Å². The Bertz CT molecular complexity index is 693. The van der Waals surface area contributed by atoms with Crippen molar-refractivity contribution in [2.24, 2.45) is 0 Å². The molecule has 0 saturated carbocycles. The number of aryl methyl sites for hydroxylation is 1. The zero-order chi connectivity index (χ0) is 17.3. The molecular weight excluding hydrogens is 322 g/mol. The number of aromatic nitrogens is 3. The second kappa shape index (κ2) is 6.64. The number of nitrogens with zero attached hydrogens (tertiary/aromatic N) is 5. The van der Waals surface area contributed by atoms with Crippen molar-refractivity contribution in [1.29, 1.82) is 0 Å². The molecule has 3 rings (SSSR count). The van der Waals surface area contributed by atoms with E-state index in [1.807, 2.05) is 28.1 Å². The molecule has 1 saturated heterocycles. The van der Waals surface area contributed by atoms with Gasteiger partial charge in [0.1, 0.15) is 0 Å². The van der Waals surface area contributed by atoms with Gasteiger partial charge < -0.3 is 4.90 Å². The van der Waals surface area contributed by atoms with Crippen LogP contribution >= 0.6 is 11.3 Å². The highest BCUT2D eigenvalue weighted by atomic mass is 32.1. The molecule has 0 atom stereocenters. The summed E-state index contributed by atoms with van der Waals surface area (Å²) in [6.07, 6.45) is 0. The number of amides is 1. The van der Waals surface area contributed by atoms with Crippen LogP contribution in [0.25, 0.3) is 0 Å². The van der Waals surface area contributed by atoms with Crippen LogP contribution in [0, 0.1) is 6.92 Å².